The lowest BCUT2D eigenvalue weighted by Crippen LogP contribution is -2.19. The summed E-state index contributed by atoms with van der Waals surface area (Å²) in [6.45, 7) is 2.55. The number of aryl methyl sites for hydroxylation is 1. The Hall–Kier alpha value is -3.78. The molecular weight excluding hydrogens is 422 g/mol. The number of hydrogen-bond donors (Lipinski definition) is 2. The Morgan fingerprint density at radius 3 is 2.41 bits per heavy atom. The lowest BCUT2D eigenvalue weighted by atomic mass is 10.1. The highest BCUT2D eigenvalue weighted by Crippen LogP contribution is 2.26. The molecule has 0 atom stereocenters. The first-order valence-corrected chi connectivity index (χ1v) is 11.1. The van der Waals surface area contributed by atoms with Crippen LogP contribution in [-0.4, -0.2) is 26.6 Å². The van der Waals surface area contributed by atoms with Crippen molar-refractivity contribution in [1.29, 1.82) is 0 Å². The van der Waals surface area contributed by atoms with Crippen LogP contribution in [0.1, 0.15) is 24.0 Å². The van der Waals surface area contributed by atoms with E-state index in [1.807, 2.05) is 67.6 Å². The van der Waals surface area contributed by atoms with Crippen molar-refractivity contribution in [3.63, 3.8) is 0 Å². The van der Waals surface area contributed by atoms with Crippen molar-refractivity contribution in [1.82, 2.24) is 14.8 Å². The maximum absolute atomic E-state index is 12.6. The predicted molar refractivity (Wildman–Crippen MR) is 127 cm³/mol. The normalized spacial score (nSPS) is 10.7. The Balaban J connectivity index is 1.48. The van der Waals surface area contributed by atoms with Gasteiger partial charge < -0.3 is 10.6 Å². The van der Waals surface area contributed by atoms with E-state index in [4.69, 9.17) is 5.10 Å². The van der Waals surface area contributed by atoms with E-state index in [-0.39, 0.29) is 24.7 Å². The van der Waals surface area contributed by atoms with E-state index < -0.39 is 0 Å². The largest absolute Gasteiger partial charge is 0.311 e. The quantitative estimate of drug-likeness (QED) is 0.411. The van der Waals surface area contributed by atoms with Gasteiger partial charge in [-0.3, -0.25) is 9.59 Å². The molecule has 2 N–H and O–H groups in total. The summed E-state index contributed by atoms with van der Waals surface area (Å²) in [5, 5.41) is 12.7. The fourth-order valence-electron chi connectivity index (χ4n) is 3.29. The molecule has 2 heterocycles. The van der Waals surface area contributed by atoms with Crippen LogP contribution < -0.4 is 10.6 Å². The molecule has 7 nitrogen and oxygen atoms in total. The number of nitrogens with zero attached hydrogens (tertiary/aromatic N) is 3. The first-order chi connectivity index (χ1) is 15.6. The van der Waals surface area contributed by atoms with E-state index in [1.165, 1.54) is 11.3 Å². The minimum absolute atomic E-state index is 0.0629. The number of nitrogens with one attached hydrogen (secondary N) is 2. The van der Waals surface area contributed by atoms with Crippen LogP contribution in [0, 0.1) is 6.92 Å². The van der Waals surface area contributed by atoms with Crippen molar-refractivity contribution < 1.29 is 9.59 Å². The fraction of sp³-hybridized carbons (Fsp3) is 0.167. The third-order valence-corrected chi connectivity index (χ3v) is 5.59. The van der Waals surface area contributed by atoms with Gasteiger partial charge in [0.05, 0.1) is 12.2 Å². The third kappa shape index (κ3) is 5.47. The van der Waals surface area contributed by atoms with Gasteiger partial charge in [0.15, 0.2) is 5.13 Å². The zero-order chi connectivity index (χ0) is 22.3. The van der Waals surface area contributed by atoms with Crippen LogP contribution in [0.25, 0.3) is 11.3 Å². The monoisotopic (exact) mass is 445 g/mol. The first kappa shape index (κ1) is 21.5. The SMILES string of the molecule is Cc1ccccc1-c1cc(NC(=O)CCC(=O)Nc2nccs2)n(Cc2ccccc2)n1. The van der Waals surface area contributed by atoms with E-state index in [2.05, 4.69) is 15.6 Å². The molecule has 0 unspecified atom stereocenters. The zero-order valence-electron chi connectivity index (χ0n) is 17.6. The van der Waals surface area contributed by atoms with Gasteiger partial charge in [-0.25, -0.2) is 9.67 Å². The number of aromatic nitrogens is 3. The summed E-state index contributed by atoms with van der Waals surface area (Å²) in [6.07, 6.45) is 1.75. The molecule has 0 spiro atoms. The molecule has 8 heteroatoms. The average molecular weight is 446 g/mol. The highest BCUT2D eigenvalue weighted by atomic mass is 32.1. The Labute approximate surface area is 190 Å². The smallest absolute Gasteiger partial charge is 0.226 e. The van der Waals surface area contributed by atoms with Crippen LogP contribution in [0.3, 0.4) is 0 Å². The molecule has 4 aromatic rings. The van der Waals surface area contributed by atoms with Crippen molar-refractivity contribution in [2.75, 3.05) is 10.6 Å². The Morgan fingerprint density at radius 2 is 1.69 bits per heavy atom. The summed E-state index contributed by atoms with van der Waals surface area (Å²) in [4.78, 5) is 28.7. The number of anilines is 2. The van der Waals surface area contributed by atoms with Gasteiger partial charge in [0.2, 0.25) is 11.8 Å². The maximum atomic E-state index is 12.6. The van der Waals surface area contributed by atoms with Crippen LogP contribution in [0.4, 0.5) is 10.9 Å². The van der Waals surface area contributed by atoms with Crippen molar-refractivity contribution in [3.05, 3.63) is 83.4 Å². The minimum Gasteiger partial charge on any atom is -0.311 e. The van der Waals surface area contributed by atoms with Gasteiger partial charge in [-0.15, -0.1) is 11.3 Å². The van der Waals surface area contributed by atoms with Crippen LogP contribution in [0.5, 0.6) is 0 Å². The van der Waals surface area contributed by atoms with Crippen molar-refractivity contribution >= 4 is 34.1 Å². The number of rotatable bonds is 8. The molecule has 0 aliphatic heterocycles. The number of carbonyl (C=O) groups excluding carboxylic acids is 2. The molecule has 162 valence electrons. The number of hydrogen-bond acceptors (Lipinski definition) is 5. The number of thiazole rings is 1. The van der Waals surface area contributed by atoms with Gasteiger partial charge in [0, 0.05) is 36.0 Å². The van der Waals surface area contributed by atoms with Crippen molar-refractivity contribution in [2.24, 2.45) is 0 Å². The summed E-state index contributed by atoms with van der Waals surface area (Å²) in [6, 6.07) is 19.8. The molecule has 2 aromatic carbocycles. The Morgan fingerprint density at radius 1 is 0.969 bits per heavy atom. The zero-order valence-corrected chi connectivity index (χ0v) is 18.4. The number of carbonyl (C=O) groups is 2. The lowest BCUT2D eigenvalue weighted by Gasteiger charge is -2.09. The molecular formula is C24H23N5O2S. The average Bonchev–Trinajstić information content (AvgIpc) is 3.44. The van der Waals surface area contributed by atoms with Crippen LogP contribution in [-0.2, 0) is 16.1 Å². The Bertz CT molecular complexity index is 1200. The van der Waals surface area contributed by atoms with E-state index in [1.54, 1.807) is 16.3 Å². The predicted octanol–water partition coefficient (Wildman–Crippen LogP) is 4.72. The molecule has 0 saturated heterocycles. The Kier molecular flexibility index (Phi) is 6.72. The molecule has 0 bridgehead atoms. The standard InChI is InChI=1S/C24H23N5O2S/c1-17-7-5-6-10-19(17)20-15-21(29(28-20)16-18-8-3-2-4-9-18)26-22(30)11-12-23(31)27-24-25-13-14-32-24/h2-10,13-15H,11-12,16H2,1H3,(H,26,30)(H,25,27,31). The van der Waals surface area contributed by atoms with Gasteiger partial charge in [-0.1, -0.05) is 54.6 Å². The van der Waals surface area contributed by atoms with Gasteiger partial charge in [0.25, 0.3) is 0 Å². The van der Waals surface area contributed by atoms with Gasteiger partial charge in [-0.2, -0.15) is 5.10 Å². The van der Waals surface area contributed by atoms with Gasteiger partial charge in [-0.05, 0) is 18.1 Å². The summed E-state index contributed by atoms with van der Waals surface area (Å²) in [7, 11) is 0. The summed E-state index contributed by atoms with van der Waals surface area (Å²) in [5.41, 5.74) is 3.98. The van der Waals surface area contributed by atoms with Gasteiger partial charge >= 0.3 is 0 Å². The summed E-state index contributed by atoms with van der Waals surface area (Å²) < 4.78 is 1.78. The molecule has 0 saturated carbocycles. The first-order valence-electron chi connectivity index (χ1n) is 10.3. The van der Waals surface area contributed by atoms with E-state index in [0.717, 1.165) is 22.4 Å². The molecule has 2 aromatic heterocycles. The highest BCUT2D eigenvalue weighted by Gasteiger charge is 2.15. The molecule has 2 amide bonds. The van der Waals surface area contributed by atoms with Gasteiger partial charge in [0.1, 0.15) is 5.82 Å². The van der Waals surface area contributed by atoms with E-state index >= 15 is 0 Å². The molecule has 4 rings (SSSR count). The molecule has 0 aliphatic rings. The second kappa shape index (κ2) is 10.0. The van der Waals surface area contributed by atoms with Crippen molar-refractivity contribution in [3.8, 4) is 11.3 Å². The van der Waals surface area contributed by atoms with Crippen LogP contribution in [0.2, 0.25) is 0 Å². The fourth-order valence-corrected chi connectivity index (χ4v) is 3.83. The minimum atomic E-state index is -0.246. The molecule has 32 heavy (non-hydrogen) atoms. The highest BCUT2D eigenvalue weighted by molar-refractivity contribution is 7.13. The number of amides is 2. The summed E-state index contributed by atoms with van der Waals surface area (Å²) >= 11 is 1.34. The van der Waals surface area contributed by atoms with Crippen LogP contribution in [0.15, 0.2) is 72.2 Å². The molecule has 0 aliphatic carbocycles. The lowest BCUT2D eigenvalue weighted by molar-refractivity contribution is -0.121. The topological polar surface area (TPSA) is 88.9 Å². The summed E-state index contributed by atoms with van der Waals surface area (Å²) in [5.74, 6) is 0.107. The van der Waals surface area contributed by atoms with E-state index in [0.29, 0.717) is 17.5 Å². The van der Waals surface area contributed by atoms with Crippen molar-refractivity contribution in [2.45, 2.75) is 26.3 Å². The van der Waals surface area contributed by atoms with Crippen LogP contribution >= 0.6 is 11.3 Å². The maximum Gasteiger partial charge on any atom is 0.226 e. The molecule has 0 radical (unpaired) electrons. The molecule has 0 fully saturated rings. The second-order valence-corrected chi connectivity index (χ2v) is 8.20. The second-order valence-electron chi connectivity index (χ2n) is 7.31. The third-order valence-electron chi connectivity index (χ3n) is 4.90. The number of benzene rings is 2. The van der Waals surface area contributed by atoms with E-state index in [9.17, 15) is 9.59 Å².